The van der Waals surface area contributed by atoms with Gasteiger partial charge in [-0.05, 0) is 48.9 Å². The van der Waals surface area contributed by atoms with Crippen LogP contribution in [0.2, 0.25) is 0 Å². The van der Waals surface area contributed by atoms with E-state index in [0.717, 1.165) is 37.4 Å². The fourth-order valence-electron chi connectivity index (χ4n) is 3.36. The van der Waals surface area contributed by atoms with E-state index in [-0.39, 0.29) is 12.4 Å². The van der Waals surface area contributed by atoms with Crippen LogP contribution in [0.25, 0.3) is 21.4 Å². The molecule has 4 aromatic rings. The van der Waals surface area contributed by atoms with Crippen molar-refractivity contribution in [2.75, 3.05) is 6.61 Å². The average molecular weight is 422 g/mol. The van der Waals surface area contributed by atoms with Crippen molar-refractivity contribution in [3.63, 3.8) is 0 Å². The first kappa shape index (κ1) is 20.2. The number of fused-ring (bicyclic) bond motifs is 1. The monoisotopic (exact) mass is 421 g/mol. The molecule has 154 valence electrons. The standard InChI is InChI=1S/C24H23NO4S/c1-2-27-23(26)13-17-5-3-4-6-21(17)29-15-16-11-18-9-10-28-24(18)20(12-16)22-8-7-19(14-25)30-22/h3-12H,2,13-15,25H2,1H3. The maximum Gasteiger partial charge on any atom is 0.310 e. The Kier molecular flexibility index (Phi) is 6.16. The van der Waals surface area contributed by atoms with Crippen LogP contribution in [0.3, 0.4) is 0 Å². The van der Waals surface area contributed by atoms with Crippen LogP contribution in [0, 0.1) is 0 Å². The third-order valence-electron chi connectivity index (χ3n) is 4.75. The molecule has 0 aliphatic carbocycles. The van der Waals surface area contributed by atoms with Crippen molar-refractivity contribution in [2.45, 2.75) is 26.5 Å². The van der Waals surface area contributed by atoms with E-state index < -0.39 is 0 Å². The quantitative estimate of drug-likeness (QED) is 0.391. The number of hydrogen-bond acceptors (Lipinski definition) is 6. The van der Waals surface area contributed by atoms with Gasteiger partial charge in [0.15, 0.2) is 0 Å². The zero-order valence-corrected chi connectivity index (χ0v) is 17.5. The number of nitrogens with two attached hydrogens (primary N) is 1. The second-order valence-electron chi connectivity index (χ2n) is 6.83. The van der Waals surface area contributed by atoms with Gasteiger partial charge in [0.05, 0.1) is 19.3 Å². The lowest BCUT2D eigenvalue weighted by atomic mass is 10.1. The number of carbonyl (C=O) groups is 1. The molecule has 0 amide bonds. The molecule has 0 bridgehead atoms. The topological polar surface area (TPSA) is 74.7 Å². The molecule has 0 aliphatic rings. The molecule has 0 fully saturated rings. The summed E-state index contributed by atoms with van der Waals surface area (Å²) in [6, 6.07) is 17.8. The number of rotatable bonds is 8. The van der Waals surface area contributed by atoms with Gasteiger partial charge in [0.1, 0.15) is 17.9 Å². The molecule has 0 unspecified atom stereocenters. The molecule has 2 N–H and O–H groups in total. The summed E-state index contributed by atoms with van der Waals surface area (Å²) in [5, 5.41) is 1.02. The van der Waals surface area contributed by atoms with Gasteiger partial charge in [-0.1, -0.05) is 18.2 Å². The molecule has 0 saturated heterocycles. The molecule has 30 heavy (non-hydrogen) atoms. The van der Waals surface area contributed by atoms with Crippen molar-refractivity contribution in [3.8, 4) is 16.2 Å². The van der Waals surface area contributed by atoms with E-state index >= 15 is 0 Å². The molecule has 2 aromatic carbocycles. The molecule has 0 aliphatic heterocycles. The van der Waals surface area contributed by atoms with Crippen molar-refractivity contribution >= 4 is 28.3 Å². The number of benzene rings is 2. The molecule has 0 spiro atoms. The molecule has 0 saturated carbocycles. The fourth-order valence-corrected chi connectivity index (χ4v) is 4.26. The Morgan fingerprint density at radius 1 is 1.13 bits per heavy atom. The first-order chi connectivity index (χ1) is 14.7. The van der Waals surface area contributed by atoms with Crippen molar-refractivity contribution < 1.29 is 18.7 Å². The SMILES string of the molecule is CCOC(=O)Cc1ccccc1OCc1cc(-c2ccc(CN)s2)c2occc2c1. The third-order valence-corrected chi connectivity index (χ3v) is 5.89. The molecule has 5 nitrogen and oxygen atoms in total. The Morgan fingerprint density at radius 3 is 2.80 bits per heavy atom. The predicted octanol–water partition coefficient (Wildman–Crippen LogP) is 5.30. The van der Waals surface area contributed by atoms with Crippen molar-refractivity contribution in [1.29, 1.82) is 0 Å². The Hall–Kier alpha value is -3.09. The van der Waals surface area contributed by atoms with Crippen LogP contribution in [-0.2, 0) is 29.1 Å². The van der Waals surface area contributed by atoms with Gasteiger partial charge < -0.3 is 19.6 Å². The fraction of sp³-hybridized carbons (Fsp3) is 0.208. The first-order valence-corrected chi connectivity index (χ1v) is 10.6. The lowest BCUT2D eigenvalue weighted by Crippen LogP contribution is -2.09. The molecule has 0 atom stereocenters. The second kappa shape index (κ2) is 9.15. The Balaban J connectivity index is 1.59. The minimum Gasteiger partial charge on any atom is -0.489 e. The summed E-state index contributed by atoms with van der Waals surface area (Å²) in [6.45, 7) is 3.06. The molecule has 2 heterocycles. The van der Waals surface area contributed by atoms with Crippen LogP contribution in [0.1, 0.15) is 22.9 Å². The van der Waals surface area contributed by atoms with Gasteiger partial charge in [-0.15, -0.1) is 11.3 Å². The second-order valence-corrected chi connectivity index (χ2v) is 8.00. The summed E-state index contributed by atoms with van der Waals surface area (Å²) in [7, 11) is 0. The highest BCUT2D eigenvalue weighted by molar-refractivity contribution is 7.15. The van der Waals surface area contributed by atoms with E-state index in [2.05, 4.69) is 18.2 Å². The summed E-state index contributed by atoms with van der Waals surface area (Å²) in [4.78, 5) is 14.1. The maximum absolute atomic E-state index is 11.9. The lowest BCUT2D eigenvalue weighted by molar-refractivity contribution is -0.142. The number of hydrogen-bond donors (Lipinski definition) is 1. The van der Waals surface area contributed by atoms with Crippen molar-refractivity contribution in [2.24, 2.45) is 5.73 Å². The van der Waals surface area contributed by atoms with Crippen molar-refractivity contribution in [1.82, 2.24) is 0 Å². The minimum atomic E-state index is -0.260. The van der Waals surface area contributed by atoms with Crippen LogP contribution >= 0.6 is 11.3 Å². The van der Waals surface area contributed by atoms with Gasteiger partial charge in [0, 0.05) is 32.8 Å². The third kappa shape index (κ3) is 4.40. The van der Waals surface area contributed by atoms with Gasteiger partial charge >= 0.3 is 5.97 Å². The average Bonchev–Trinajstić information content (AvgIpc) is 3.42. The number of para-hydroxylation sites is 1. The molecule has 0 radical (unpaired) electrons. The van der Waals surface area contributed by atoms with Crippen molar-refractivity contribution in [3.05, 3.63) is 76.9 Å². The van der Waals surface area contributed by atoms with Gasteiger partial charge in [-0.25, -0.2) is 0 Å². The highest BCUT2D eigenvalue weighted by atomic mass is 32.1. The number of thiophene rings is 1. The molecule has 4 rings (SSSR count). The Labute approximate surface area is 179 Å². The number of ether oxygens (including phenoxy) is 2. The first-order valence-electron chi connectivity index (χ1n) is 9.83. The van der Waals surface area contributed by atoms with Crippen LogP contribution in [-0.4, -0.2) is 12.6 Å². The zero-order valence-electron chi connectivity index (χ0n) is 16.7. The normalized spacial score (nSPS) is 11.0. The van der Waals surface area contributed by atoms with E-state index in [4.69, 9.17) is 19.6 Å². The molecule has 6 heteroatoms. The highest BCUT2D eigenvalue weighted by Gasteiger charge is 2.13. The minimum absolute atomic E-state index is 0.188. The summed E-state index contributed by atoms with van der Waals surface area (Å²) in [5.74, 6) is 0.421. The highest BCUT2D eigenvalue weighted by Crippen LogP contribution is 2.35. The maximum atomic E-state index is 11.9. The summed E-state index contributed by atoms with van der Waals surface area (Å²) in [6.07, 6.45) is 1.89. The Morgan fingerprint density at radius 2 is 2.00 bits per heavy atom. The van der Waals surface area contributed by atoms with Crippen LogP contribution in [0.4, 0.5) is 0 Å². The molecular weight excluding hydrogens is 398 g/mol. The van der Waals surface area contributed by atoms with E-state index in [1.807, 2.05) is 36.4 Å². The van der Waals surface area contributed by atoms with Crippen LogP contribution in [0.15, 0.2) is 65.3 Å². The van der Waals surface area contributed by atoms with Gasteiger partial charge in [0.2, 0.25) is 0 Å². The van der Waals surface area contributed by atoms with E-state index in [1.54, 1.807) is 24.5 Å². The molecule has 2 aromatic heterocycles. The van der Waals surface area contributed by atoms with E-state index in [0.29, 0.717) is 25.5 Å². The van der Waals surface area contributed by atoms with Crippen LogP contribution < -0.4 is 10.5 Å². The predicted molar refractivity (Wildman–Crippen MR) is 119 cm³/mol. The largest absolute Gasteiger partial charge is 0.489 e. The summed E-state index contributed by atoms with van der Waals surface area (Å²) >= 11 is 1.66. The van der Waals surface area contributed by atoms with Crippen LogP contribution in [0.5, 0.6) is 5.75 Å². The number of furan rings is 1. The smallest absolute Gasteiger partial charge is 0.310 e. The summed E-state index contributed by atoms with van der Waals surface area (Å²) < 4.78 is 16.9. The van der Waals surface area contributed by atoms with Gasteiger partial charge in [0.25, 0.3) is 0 Å². The number of carbonyl (C=O) groups excluding carboxylic acids is 1. The lowest BCUT2D eigenvalue weighted by Gasteiger charge is -2.12. The molecular formula is C24H23NO4S. The van der Waals surface area contributed by atoms with Gasteiger partial charge in [-0.2, -0.15) is 0 Å². The van der Waals surface area contributed by atoms with E-state index in [9.17, 15) is 4.79 Å². The van der Waals surface area contributed by atoms with Gasteiger partial charge in [-0.3, -0.25) is 4.79 Å². The zero-order chi connectivity index (χ0) is 20.9. The number of esters is 1. The van der Waals surface area contributed by atoms with E-state index in [1.165, 1.54) is 0 Å². The Bertz CT molecular complexity index is 1160. The summed E-state index contributed by atoms with van der Waals surface area (Å²) in [5.41, 5.74) is 9.49.